The van der Waals surface area contributed by atoms with Gasteiger partial charge in [0.25, 0.3) is 0 Å². The minimum Gasteiger partial charge on any atom is -0.165 e. The van der Waals surface area contributed by atoms with Crippen LogP contribution in [0.3, 0.4) is 0 Å². The summed E-state index contributed by atoms with van der Waals surface area (Å²) in [7, 11) is 0. The Morgan fingerprint density at radius 1 is 1.33 bits per heavy atom. The molecule has 2 heteroatoms. The summed E-state index contributed by atoms with van der Waals surface area (Å²) in [6.07, 6.45) is 5.15. The van der Waals surface area contributed by atoms with Crippen LogP contribution in [0, 0.1) is 23.2 Å². The molecule has 0 N–H and O–H groups in total. The smallest absolute Gasteiger partial charge is 0.165 e. The zero-order valence-electron chi connectivity index (χ0n) is 8.18. The van der Waals surface area contributed by atoms with E-state index in [4.69, 9.17) is 0 Å². The summed E-state index contributed by atoms with van der Waals surface area (Å²) < 4.78 is 0. The van der Waals surface area contributed by atoms with Gasteiger partial charge in [0.2, 0.25) is 6.10 Å². The normalized spacial score (nSPS) is 49.7. The molecule has 0 nitrogen and oxygen atoms in total. The van der Waals surface area contributed by atoms with Crippen LogP contribution in [0.1, 0.15) is 33.6 Å². The van der Waals surface area contributed by atoms with Gasteiger partial charge in [-0.15, -0.1) is 0 Å². The van der Waals surface area contributed by atoms with E-state index in [0.717, 1.165) is 23.6 Å². The first-order valence-electron chi connectivity index (χ1n) is 5.01. The molecule has 2 bridgehead atoms. The van der Waals surface area contributed by atoms with Crippen molar-refractivity contribution in [1.29, 1.82) is 0 Å². The Morgan fingerprint density at radius 2 is 2.00 bits per heavy atom. The van der Waals surface area contributed by atoms with E-state index < -0.39 is 0 Å². The van der Waals surface area contributed by atoms with Crippen molar-refractivity contribution >= 4 is 21.9 Å². The molecule has 0 amide bonds. The summed E-state index contributed by atoms with van der Waals surface area (Å²) in [4.78, 5) is 0. The third kappa shape index (κ3) is 1.03. The Hall–Kier alpha value is 0.545. The van der Waals surface area contributed by atoms with Crippen molar-refractivity contribution < 1.29 is 0 Å². The second kappa shape index (κ2) is 2.77. The minimum absolute atomic E-state index is 0.645. The zero-order valence-corrected chi connectivity index (χ0v) is 9.76. The van der Waals surface area contributed by atoms with Crippen LogP contribution in [0.25, 0.3) is 0 Å². The Bertz CT molecular complexity index is 190. The maximum absolute atomic E-state index is 3.51. The number of hydrogen-bond donors (Lipinski definition) is 0. The highest BCUT2D eigenvalue weighted by Crippen LogP contribution is 2.64. The van der Waals surface area contributed by atoms with Crippen LogP contribution in [0.5, 0.6) is 0 Å². The molecule has 3 rings (SSSR count). The van der Waals surface area contributed by atoms with Gasteiger partial charge in [-0.3, -0.25) is 0 Å². The van der Waals surface area contributed by atoms with Crippen molar-refractivity contribution in [3.63, 3.8) is 0 Å². The predicted molar refractivity (Wildman–Crippen MR) is 57.6 cm³/mol. The molecular formula is C10H17BBr. The summed E-state index contributed by atoms with van der Waals surface area (Å²) in [5.41, 5.74) is 0.645. The van der Waals surface area contributed by atoms with E-state index in [1.165, 1.54) is 12.8 Å². The monoisotopic (exact) mass is 227 g/mol. The van der Waals surface area contributed by atoms with Gasteiger partial charge in [0.05, 0.1) is 0 Å². The number of hydrogen-bond acceptors (Lipinski definition) is 0. The first kappa shape index (κ1) is 9.11. The fourth-order valence-electron chi connectivity index (χ4n) is 3.36. The van der Waals surface area contributed by atoms with Crippen LogP contribution in [-0.2, 0) is 0 Å². The van der Waals surface area contributed by atoms with Crippen LogP contribution in [0.4, 0.5) is 0 Å². The van der Waals surface area contributed by atoms with Crippen molar-refractivity contribution in [3.05, 3.63) is 0 Å². The average Bonchev–Trinajstić information content (AvgIpc) is 2.03. The van der Waals surface area contributed by atoms with Gasteiger partial charge < -0.3 is 0 Å². The van der Waals surface area contributed by atoms with Gasteiger partial charge in [0, 0.05) is 0 Å². The number of fused-ring (bicyclic) bond motifs is 2. The molecule has 0 unspecified atom stereocenters. The molecule has 3 aliphatic rings. The van der Waals surface area contributed by atoms with Gasteiger partial charge >= 0.3 is 0 Å². The second-order valence-electron chi connectivity index (χ2n) is 5.25. The maximum atomic E-state index is 3.51. The summed E-state index contributed by atoms with van der Waals surface area (Å²) in [5, 5.41) is 0. The first-order valence-corrected chi connectivity index (χ1v) is 5.92. The summed E-state index contributed by atoms with van der Waals surface area (Å²) in [6, 6.07) is 0. The van der Waals surface area contributed by atoms with Crippen molar-refractivity contribution in [2.75, 3.05) is 0 Å². The standard InChI is InChI=1S/C10H17BBr/c1-6-8-4-7(10(8,2)3)5-9(6)11-12/h6-9H,4-5H2,1-3H3/t6-,7+,8-,9-/m1/s1. The fraction of sp³-hybridized carbons (Fsp3) is 1.00. The van der Waals surface area contributed by atoms with Gasteiger partial charge in [-0.05, 0) is 29.6 Å². The van der Waals surface area contributed by atoms with Crippen LogP contribution in [-0.4, -0.2) is 6.10 Å². The molecule has 12 heavy (non-hydrogen) atoms. The largest absolute Gasteiger partial charge is 0.209 e. The molecule has 0 spiro atoms. The third-order valence-electron chi connectivity index (χ3n) is 4.57. The average molecular weight is 228 g/mol. The molecule has 67 valence electrons. The summed E-state index contributed by atoms with van der Waals surface area (Å²) >= 11 is 3.51. The van der Waals surface area contributed by atoms with Crippen LogP contribution in [0.2, 0.25) is 5.82 Å². The highest BCUT2D eigenvalue weighted by Gasteiger charge is 2.55. The Morgan fingerprint density at radius 3 is 2.42 bits per heavy atom. The molecule has 3 aliphatic carbocycles. The summed E-state index contributed by atoms with van der Waals surface area (Å²) in [6.45, 7) is 7.32. The Labute approximate surface area is 84.7 Å². The molecule has 1 radical (unpaired) electrons. The number of halogens is 1. The lowest BCUT2D eigenvalue weighted by molar-refractivity contribution is -0.0981. The molecule has 0 aromatic rings. The van der Waals surface area contributed by atoms with Crippen molar-refractivity contribution in [3.8, 4) is 0 Å². The van der Waals surface area contributed by atoms with Gasteiger partial charge in [-0.25, -0.2) is 0 Å². The molecule has 0 aromatic heterocycles. The maximum Gasteiger partial charge on any atom is 0.209 e. The molecule has 0 aromatic carbocycles. The van der Waals surface area contributed by atoms with E-state index >= 15 is 0 Å². The molecular weight excluding hydrogens is 211 g/mol. The highest BCUT2D eigenvalue weighted by atomic mass is 79.9. The van der Waals surface area contributed by atoms with E-state index in [9.17, 15) is 0 Å². The van der Waals surface area contributed by atoms with Gasteiger partial charge in [-0.2, -0.15) is 15.8 Å². The molecule has 3 saturated carbocycles. The van der Waals surface area contributed by atoms with Gasteiger partial charge in [0.15, 0.2) is 0 Å². The van der Waals surface area contributed by atoms with Crippen LogP contribution in [0.15, 0.2) is 0 Å². The summed E-state index contributed by atoms with van der Waals surface area (Å²) in [5.74, 6) is 3.71. The van der Waals surface area contributed by atoms with Crippen molar-refractivity contribution in [2.24, 2.45) is 23.2 Å². The molecule has 0 heterocycles. The van der Waals surface area contributed by atoms with Gasteiger partial charge in [0.1, 0.15) is 0 Å². The van der Waals surface area contributed by atoms with Crippen molar-refractivity contribution in [2.45, 2.75) is 39.4 Å². The zero-order chi connectivity index (χ0) is 8.93. The first-order chi connectivity index (χ1) is 5.57. The Kier molecular flexibility index (Phi) is 2.10. The van der Waals surface area contributed by atoms with E-state index in [1.807, 2.05) is 0 Å². The lowest BCUT2D eigenvalue weighted by Gasteiger charge is -2.62. The van der Waals surface area contributed by atoms with Crippen molar-refractivity contribution in [1.82, 2.24) is 0 Å². The molecule has 4 atom stereocenters. The lowest BCUT2D eigenvalue weighted by atomic mass is 9.41. The van der Waals surface area contributed by atoms with Gasteiger partial charge in [-0.1, -0.05) is 33.0 Å². The predicted octanol–water partition coefficient (Wildman–Crippen LogP) is 3.49. The van der Waals surface area contributed by atoms with E-state index in [1.54, 1.807) is 0 Å². The fourth-order valence-corrected chi connectivity index (χ4v) is 4.05. The molecule has 0 saturated heterocycles. The van der Waals surface area contributed by atoms with E-state index in [2.05, 4.69) is 42.6 Å². The van der Waals surface area contributed by atoms with Crippen LogP contribution >= 0.6 is 15.8 Å². The van der Waals surface area contributed by atoms with Crippen LogP contribution < -0.4 is 0 Å². The lowest BCUT2D eigenvalue weighted by Crippen LogP contribution is -2.53. The SMILES string of the molecule is C[C@H]1[C@H]([B]Br)C[C@@H]2C[C@H]1C2(C)C. The Balaban J connectivity index is 2.11. The number of rotatable bonds is 1. The molecule has 0 aliphatic heterocycles. The minimum atomic E-state index is 0.645. The van der Waals surface area contributed by atoms with E-state index in [-0.39, 0.29) is 0 Å². The quantitative estimate of drug-likeness (QED) is 0.602. The second-order valence-corrected chi connectivity index (χ2v) is 5.77. The molecule has 3 fully saturated rings. The highest BCUT2D eigenvalue weighted by molar-refractivity contribution is 9.23. The third-order valence-corrected chi connectivity index (χ3v) is 5.25. The van der Waals surface area contributed by atoms with E-state index in [0.29, 0.717) is 5.41 Å². The topological polar surface area (TPSA) is 0 Å².